The fraction of sp³-hybridized carbons (Fsp3) is 0.231. The number of sulfonamides is 1. The molecule has 0 aliphatic rings. The van der Waals surface area contributed by atoms with Gasteiger partial charge in [0.2, 0.25) is 5.91 Å². The molecule has 2 aromatic rings. The molecule has 0 unspecified atom stereocenters. The van der Waals surface area contributed by atoms with Gasteiger partial charge in [-0.05, 0) is 38.1 Å². The highest BCUT2D eigenvalue weighted by atomic mass is 32.2. The van der Waals surface area contributed by atoms with Crippen LogP contribution in [0.4, 0.5) is 5.69 Å². The molecule has 0 aliphatic heterocycles. The summed E-state index contributed by atoms with van der Waals surface area (Å²) in [6, 6.07) is 5.89. The summed E-state index contributed by atoms with van der Waals surface area (Å²) >= 11 is 0. The van der Waals surface area contributed by atoms with Crippen molar-refractivity contribution in [2.75, 3.05) is 4.72 Å². The number of carbonyl (C=O) groups excluding carboxylic acids is 1. The first kappa shape index (κ1) is 15.0. The molecule has 1 amide bonds. The number of hydrogen-bond acceptors (Lipinski definition) is 4. The summed E-state index contributed by atoms with van der Waals surface area (Å²) in [5.74, 6) is -0.565. The molecule has 1 aromatic carbocycles. The van der Waals surface area contributed by atoms with Crippen molar-refractivity contribution in [3.63, 3.8) is 0 Å². The molecule has 0 radical (unpaired) electrons. The van der Waals surface area contributed by atoms with E-state index in [1.807, 2.05) is 6.92 Å². The lowest BCUT2D eigenvalue weighted by molar-refractivity contribution is 0.100. The molecule has 3 N–H and O–H groups in total. The van der Waals surface area contributed by atoms with Crippen LogP contribution < -0.4 is 10.5 Å². The predicted molar refractivity (Wildman–Crippen MR) is 78.4 cm³/mol. The molecule has 1 aromatic heterocycles. The predicted octanol–water partition coefficient (Wildman–Crippen LogP) is 1.11. The monoisotopic (exact) mass is 308 g/mol. The average molecular weight is 308 g/mol. The number of nitrogens with zero attached hydrogens (tertiary/aromatic N) is 2. The summed E-state index contributed by atoms with van der Waals surface area (Å²) < 4.78 is 28.7. The Kier molecular flexibility index (Phi) is 3.99. The second-order valence-corrected chi connectivity index (χ2v) is 6.11. The lowest BCUT2D eigenvalue weighted by Gasteiger charge is -2.08. The number of nitrogens with two attached hydrogens (primary N) is 1. The average Bonchev–Trinajstić information content (AvgIpc) is 2.80. The van der Waals surface area contributed by atoms with E-state index >= 15 is 0 Å². The third-order valence-corrected chi connectivity index (χ3v) is 4.55. The normalized spacial score (nSPS) is 11.3. The molecule has 8 heteroatoms. The quantitative estimate of drug-likeness (QED) is 0.862. The SMILES string of the molecule is CCn1ncc(S(=O)(=O)Nc2ccc(C(N)=O)cc2)c1C. The van der Waals surface area contributed by atoms with E-state index in [1.165, 1.54) is 30.5 Å². The van der Waals surface area contributed by atoms with Gasteiger partial charge in [0, 0.05) is 17.8 Å². The van der Waals surface area contributed by atoms with Crippen molar-refractivity contribution < 1.29 is 13.2 Å². The molecule has 112 valence electrons. The summed E-state index contributed by atoms with van der Waals surface area (Å²) in [5.41, 5.74) is 6.36. The van der Waals surface area contributed by atoms with Crippen LogP contribution in [-0.2, 0) is 16.6 Å². The summed E-state index contributed by atoms with van der Waals surface area (Å²) in [5, 5.41) is 4.02. The summed E-state index contributed by atoms with van der Waals surface area (Å²) in [6.45, 7) is 4.17. The van der Waals surface area contributed by atoms with Crippen LogP contribution in [0.3, 0.4) is 0 Å². The molecule has 0 spiro atoms. The van der Waals surface area contributed by atoms with Crippen LogP contribution in [0, 0.1) is 6.92 Å². The van der Waals surface area contributed by atoms with Gasteiger partial charge in [0.1, 0.15) is 4.90 Å². The van der Waals surface area contributed by atoms with Crippen LogP contribution in [0.15, 0.2) is 35.4 Å². The Morgan fingerprint density at radius 3 is 2.43 bits per heavy atom. The zero-order valence-corrected chi connectivity index (χ0v) is 12.5. The number of primary amides is 1. The van der Waals surface area contributed by atoms with Gasteiger partial charge in [-0.2, -0.15) is 5.10 Å². The van der Waals surface area contributed by atoms with Gasteiger partial charge in [0.05, 0.1) is 11.9 Å². The van der Waals surface area contributed by atoms with Gasteiger partial charge < -0.3 is 5.73 Å². The maximum atomic E-state index is 12.3. The van der Waals surface area contributed by atoms with Crippen LogP contribution in [-0.4, -0.2) is 24.1 Å². The molecule has 0 bridgehead atoms. The van der Waals surface area contributed by atoms with Crippen molar-refractivity contribution in [2.24, 2.45) is 5.73 Å². The van der Waals surface area contributed by atoms with E-state index in [0.717, 1.165) is 0 Å². The molecular weight excluding hydrogens is 292 g/mol. The van der Waals surface area contributed by atoms with E-state index in [9.17, 15) is 13.2 Å². The van der Waals surface area contributed by atoms with Gasteiger partial charge >= 0.3 is 0 Å². The van der Waals surface area contributed by atoms with E-state index in [0.29, 0.717) is 23.5 Å². The number of hydrogen-bond donors (Lipinski definition) is 2. The number of aryl methyl sites for hydroxylation is 1. The highest BCUT2D eigenvalue weighted by Crippen LogP contribution is 2.19. The van der Waals surface area contributed by atoms with Gasteiger partial charge in [-0.3, -0.25) is 14.2 Å². The van der Waals surface area contributed by atoms with Crippen LogP contribution >= 0.6 is 0 Å². The summed E-state index contributed by atoms with van der Waals surface area (Å²) in [6.07, 6.45) is 1.32. The maximum Gasteiger partial charge on any atom is 0.265 e. The number of benzene rings is 1. The van der Waals surface area contributed by atoms with E-state index in [-0.39, 0.29) is 4.90 Å². The lowest BCUT2D eigenvalue weighted by atomic mass is 10.2. The molecular formula is C13H16N4O3S. The smallest absolute Gasteiger partial charge is 0.265 e. The Hall–Kier alpha value is -2.35. The van der Waals surface area contributed by atoms with Crippen molar-refractivity contribution >= 4 is 21.6 Å². The zero-order chi connectivity index (χ0) is 15.6. The van der Waals surface area contributed by atoms with Crippen LogP contribution in [0.5, 0.6) is 0 Å². The van der Waals surface area contributed by atoms with Crippen molar-refractivity contribution in [3.8, 4) is 0 Å². The van der Waals surface area contributed by atoms with E-state index in [2.05, 4.69) is 9.82 Å². The molecule has 0 aliphatic carbocycles. The molecule has 0 saturated carbocycles. The molecule has 0 atom stereocenters. The Balaban J connectivity index is 2.28. The molecule has 0 saturated heterocycles. The van der Waals surface area contributed by atoms with Crippen molar-refractivity contribution in [2.45, 2.75) is 25.3 Å². The Bertz CT molecular complexity index is 763. The minimum Gasteiger partial charge on any atom is -0.366 e. The van der Waals surface area contributed by atoms with Gasteiger partial charge in [-0.15, -0.1) is 0 Å². The Morgan fingerprint density at radius 2 is 1.95 bits per heavy atom. The van der Waals surface area contributed by atoms with E-state index in [1.54, 1.807) is 11.6 Å². The van der Waals surface area contributed by atoms with Crippen LogP contribution in [0.1, 0.15) is 23.0 Å². The second-order valence-electron chi connectivity index (χ2n) is 4.46. The first-order valence-corrected chi connectivity index (χ1v) is 7.78. The molecule has 0 fully saturated rings. The van der Waals surface area contributed by atoms with Gasteiger partial charge in [0.25, 0.3) is 10.0 Å². The van der Waals surface area contributed by atoms with E-state index in [4.69, 9.17) is 5.73 Å². The first-order chi connectivity index (χ1) is 9.85. The van der Waals surface area contributed by atoms with Crippen molar-refractivity contribution in [1.82, 2.24) is 9.78 Å². The van der Waals surface area contributed by atoms with Crippen LogP contribution in [0.2, 0.25) is 0 Å². The molecule has 7 nitrogen and oxygen atoms in total. The van der Waals surface area contributed by atoms with Crippen molar-refractivity contribution in [1.29, 1.82) is 0 Å². The van der Waals surface area contributed by atoms with Gasteiger partial charge in [-0.25, -0.2) is 8.42 Å². The van der Waals surface area contributed by atoms with Gasteiger partial charge in [-0.1, -0.05) is 0 Å². The number of amides is 1. The minimum absolute atomic E-state index is 0.128. The minimum atomic E-state index is -3.72. The Labute approximate surface area is 122 Å². The third-order valence-electron chi connectivity index (χ3n) is 3.07. The Morgan fingerprint density at radius 1 is 1.33 bits per heavy atom. The number of carbonyl (C=O) groups is 1. The highest BCUT2D eigenvalue weighted by molar-refractivity contribution is 7.92. The van der Waals surface area contributed by atoms with Crippen molar-refractivity contribution in [3.05, 3.63) is 41.7 Å². The molecule has 1 heterocycles. The lowest BCUT2D eigenvalue weighted by Crippen LogP contribution is -2.15. The largest absolute Gasteiger partial charge is 0.366 e. The fourth-order valence-corrected chi connectivity index (χ4v) is 3.16. The maximum absolute atomic E-state index is 12.3. The third kappa shape index (κ3) is 3.05. The topological polar surface area (TPSA) is 107 Å². The number of rotatable bonds is 5. The summed E-state index contributed by atoms with van der Waals surface area (Å²) in [7, 11) is -3.72. The zero-order valence-electron chi connectivity index (χ0n) is 11.7. The highest BCUT2D eigenvalue weighted by Gasteiger charge is 2.20. The standard InChI is InChI=1S/C13H16N4O3S/c1-3-17-9(2)12(8-15-17)21(19,20)16-11-6-4-10(5-7-11)13(14)18/h4-8,16H,3H2,1-2H3,(H2,14,18). The fourth-order valence-electron chi connectivity index (χ4n) is 1.92. The number of anilines is 1. The molecule has 2 rings (SSSR count). The van der Waals surface area contributed by atoms with E-state index < -0.39 is 15.9 Å². The summed E-state index contributed by atoms with van der Waals surface area (Å²) in [4.78, 5) is 11.1. The number of nitrogens with one attached hydrogen (secondary N) is 1. The van der Waals surface area contributed by atoms with Crippen LogP contribution in [0.25, 0.3) is 0 Å². The second kappa shape index (κ2) is 5.57. The molecule has 21 heavy (non-hydrogen) atoms. The van der Waals surface area contributed by atoms with Gasteiger partial charge in [0.15, 0.2) is 0 Å². The number of aromatic nitrogens is 2. The first-order valence-electron chi connectivity index (χ1n) is 6.30.